The topological polar surface area (TPSA) is 84.0 Å². The Morgan fingerprint density at radius 3 is 2.48 bits per heavy atom. The molecule has 0 aliphatic carbocycles. The van der Waals surface area contributed by atoms with Gasteiger partial charge in [0.05, 0.1) is 11.0 Å². The number of rotatable bonds is 4. The third-order valence-corrected chi connectivity index (χ3v) is 3.08. The van der Waals surface area contributed by atoms with Crippen molar-refractivity contribution in [3.8, 4) is 6.07 Å². The Balaban J connectivity index is 2.44. The Morgan fingerprint density at radius 2 is 1.90 bits per heavy atom. The van der Waals surface area contributed by atoms with Crippen LogP contribution < -0.4 is 0 Å². The Kier molecular flexibility index (Phi) is 4.10. The number of ketones is 1. The molecule has 0 N–H and O–H groups in total. The van der Waals surface area contributed by atoms with Crippen LogP contribution in [-0.2, 0) is 0 Å². The molecule has 0 aromatic heterocycles. The van der Waals surface area contributed by atoms with Gasteiger partial charge in [-0.05, 0) is 24.1 Å². The van der Waals surface area contributed by atoms with Crippen LogP contribution in [0.4, 0.5) is 5.69 Å². The second kappa shape index (κ2) is 5.97. The van der Waals surface area contributed by atoms with Gasteiger partial charge in [0.15, 0.2) is 5.78 Å². The van der Waals surface area contributed by atoms with E-state index in [1.807, 2.05) is 6.07 Å². The number of hydrogen-bond acceptors (Lipinski definition) is 4. The van der Waals surface area contributed by atoms with Crippen molar-refractivity contribution in [1.29, 1.82) is 5.26 Å². The Morgan fingerprint density at radius 1 is 1.24 bits per heavy atom. The van der Waals surface area contributed by atoms with Crippen molar-refractivity contribution in [2.24, 2.45) is 0 Å². The Hall–Kier alpha value is -3.00. The van der Waals surface area contributed by atoms with Crippen LogP contribution in [0.3, 0.4) is 0 Å². The molecule has 1 unspecified atom stereocenters. The van der Waals surface area contributed by atoms with E-state index in [9.17, 15) is 20.2 Å². The minimum atomic E-state index is -0.965. The van der Waals surface area contributed by atoms with Crippen LogP contribution >= 0.6 is 0 Å². The fourth-order valence-electron chi connectivity index (χ4n) is 2.11. The van der Waals surface area contributed by atoms with E-state index in [-0.39, 0.29) is 11.3 Å². The summed E-state index contributed by atoms with van der Waals surface area (Å²) in [6.07, 6.45) is 0. The molecule has 0 fully saturated rings. The first kappa shape index (κ1) is 14.4. The van der Waals surface area contributed by atoms with E-state index in [1.165, 1.54) is 12.1 Å². The maximum Gasteiger partial charge on any atom is 0.270 e. The molecular weight excluding hydrogens is 268 g/mol. The van der Waals surface area contributed by atoms with Crippen molar-refractivity contribution in [2.75, 3.05) is 0 Å². The van der Waals surface area contributed by atoms with Gasteiger partial charge in [-0.1, -0.05) is 30.3 Å². The van der Waals surface area contributed by atoms with Crippen molar-refractivity contribution in [2.45, 2.75) is 12.8 Å². The number of benzene rings is 2. The second-order valence-electron chi connectivity index (χ2n) is 4.65. The molecule has 2 aromatic carbocycles. The largest absolute Gasteiger partial charge is 0.292 e. The molecule has 2 aromatic rings. The standard InChI is InChI=1S/C16H12N2O3/c1-11-7-13(9-14(8-11)18(20)21)16(19)15(10-17)12-5-3-2-4-6-12/h2-9,15H,1H3. The minimum Gasteiger partial charge on any atom is -0.292 e. The van der Waals surface area contributed by atoms with Crippen molar-refractivity contribution >= 4 is 11.5 Å². The number of nitro groups is 1. The van der Waals surface area contributed by atoms with E-state index in [1.54, 1.807) is 43.3 Å². The summed E-state index contributed by atoms with van der Waals surface area (Å²) in [6, 6.07) is 14.8. The van der Waals surface area contributed by atoms with Crippen LogP contribution in [0.25, 0.3) is 0 Å². The third kappa shape index (κ3) is 3.12. The van der Waals surface area contributed by atoms with Gasteiger partial charge in [-0.3, -0.25) is 14.9 Å². The van der Waals surface area contributed by atoms with Gasteiger partial charge < -0.3 is 0 Å². The summed E-state index contributed by atoms with van der Waals surface area (Å²) in [5.74, 6) is -1.40. The molecule has 0 aliphatic rings. The second-order valence-corrected chi connectivity index (χ2v) is 4.65. The van der Waals surface area contributed by atoms with Crippen molar-refractivity contribution in [3.05, 3.63) is 75.3 Å². The van der Waals surface area contributed by atoms with Crippen LogP contribution in [-0.4, -0.2) is 10.7 Å². The Bertz CT molecular complexity index is 733. The molecule has 0 amide bonds. The first-order valence-corrected chi connectivity index (χ1v) is 6.28. The normalized spacial score (nSPS) is 11.4. The third-order valence-electron chi connectivity index (χ3n) is 3.08. The van der Waals surface area contributed by atoms with Crippen molar-refractivity contribution in [3.63, 3.8) is 0 Å². The first-order valence-electron chi connectivity index (χ1n) is 6.28. The maximum absolute atomic E-state index is 12.5. The molecule has 0 bridgehead atoms. The van der Waals surface area contributed by atoms with E-state index < -0.39 is 16.6 Å². The van der Waals surface area contributed by atoms with E-state index in [2.05, 4.69) is 0 Å². The summed E-state index contributed by atoms with van der Waals surface area (Å²) in [5, 5.41) is 20.1. The summed E-state index contributed by atoms with van der Waals surface area (Å²) in [4.78, 5) is 22.8. The van der Waals surface area contributed by atoms with Gasteiger partial charge in [-0.15, -0.1) is 0 Å². The van der Waals surface area contributed by atoms with Crippen LogP contribution in [0.1, 0.15) is 27.4 Å². The number of nitrogens with zero attached hydrogens (tertiary/aromatic N) is 2. The molecule has 0 heterocycles. The van der Waals surface area contributed by atoms with Crippen LogP contribution in [0.2, 0.25) is 0 Å². The van der Waals surface area contributed by atoms with Gasteiger partial charge in [0.1, 0.15) is 5.92 Å². The van der Waals surface area contributed by atoms with E-state index in [0.29, 0.717) is 11.1 Å². The highest BCUT2D eigenvalue weighted by Crippen LogP contribution is 2.24. The molecule has 0 radical (unpaired) electrons. The maximum atomic E-state index is 12.5. The van der Waals surface area contributed by atoms with E-state index in [4.69, 9.17) is 0 Å². The lowest BCUT2D eigenvalue weighted by molar-refractivity contribution is -0.384. The van der Waals surface area contributed by atoms with Gasteiger partial charge in [0.25, 0.3) is 5.69 Å². The molecule has 21 heavy (non-hydrogen) atoms. The van der Waals surface area contributed by atoms with Gasteiger partial charge in [0, 0.05) is 17.7 Å². The minimum absolute atomic E-state index is 0.150. The summed E-state index contributed by atoms with van der Waals surface area (Å²) in [5.41, 5.74) is 1.21. The molecule has 1 atom stereocenters. The summed E-state index contributed by atoms with van der Waals surface area (Å²) in [7, 11) is 0. The molecular formula is C16H12N2O3. The highest BCUT2D eigenvalue weighted by Gasteiger charge is 2.23. The fraction of sp³-hybridized carbons (Fsp3) is 0.125. The van der Waals surface area contributed by atoms with Crippen molar-refractivity contribution in [1.82, 2.24) is 0 Å². The number of aryl methyl sites for hydroxylation is 1. The lowest BCUT2D eigenvalue weighted by atomic mass is 9.91. The Labute approximate surface area is 121 Å². The number of carbonyl (C=O) groups excluding carboxylic acids is 1. The van der Waals surface area contributed by atoms with Crippen LogP contribution in [0, 0.1) is 28.4 Å². The van der Waals surface area contributed by atoms with E-state index >= 15 is 0 Å². The molecule has 104 valence electrons. The lowest BCUT2D eigenvalue weighted by Gasteiger charge is -2.09. The predicted molar refractivity (Wildman–Crippen MR) is 77.0 cm³/mol. The van der Waals surface area contributed by atoms with Crippen molar-refractivity contribution < 1.29 is 9.72 Å². The number of hydrogen-bond donors (Lipinski definition) is 0. The molecule has 0 spiro atoms. The average Bonchev–Trinajstić information content (AvgIpc) is 2.48. The molecule has 0 aliphatic heterocycles. The fourth-order valence-corrected chi connectivity index (χ4v) is 2.11. The lowest BCUT2D eigenvalue weighted by Crippen LogP contribution is -2.11. The van der Waals surface area contributed by atoms with Gasteiger partial charge in [-0.25, -0.2) is 0 Å². The SMILES string of the molecule is Cc1cc(C(=O)C(C#N)c2ccccc2)cc([N+](=O)[O-])c1. The van der Waals surface area contributed by atoms with Gasteiger partial charge >= 0.3 is 0 Å². The number of non-ortho nitro benzene ring substituents is 1. The number of nitro benzene ring substituents is 1. The number of Topliss-reactive ketones (excluding diaryl/α,β-unsaturated/α-hetero) is 1. The summed E-state index contributed by atoms with van der Waals surface area (Å²) >= 11 is 0. The molecule has 0 saturated carbocycles. The van der Waals surface area contributed by atoms with Gasteiger partial charge in [-0.2, -0.15) is 5.26 Å². The van der Waals surface area contributed by atoms with E-state index in [0.717, 1.165) is 0 Å². The first-order chi connectivity index (χ1) is 10.0. The summed E-state index contributed by atoms with van der Waals surface area (Å²) in [6.45, 7) is 1.67. The summed E-state index contributed by atoms with van der Waals surface area (Å²) < 4.78 is 0. The number of nitriles is 1. The molecule has 0 saturated heterocycles. The zero-order valence-electron chi connectivity index (χ0n) is 11.3. The quantitative estimate of drug-likeness (QED) is 0.488. The van der Waals surface area contributed by atoms with Crippen LogP contribution in [0.5, 0.6) is 0 Å². The molecule has 5 nitrogen and oxygen atoms in total. The highest BCUT2D eigenvalue weighted by molar-refractivity contribution is 6.03. The predicted octanol–water partition coefficient (Wildman–Crippen LogP) is 3.39. The van der Waals surface area contributed by atoms with Crippen LogP contribution in [0.15, 0.2) is 48.5 Å². The van der Waals surface area contributed by atoms with Gasteiger partial charge in [0.2, 0.25) is 0 Å². The zero-order valence-corrected chi connectivity index (χ0v) is 11.3. The smallest absolute Gasteiger partial charge is 0.270 e. The molecule has 5 heteroatoms. The average molecular weight is 280 g/mol. The number of carbonyl (C=O) groups is 1. The highest BCUT2D eigenvalue weighted by atomic mass is 16.6. The zero-order chi connectivity index (χ0) is 15.4. The monoisotopic (exact) mass is 280 g/mol. The molecule has 2 rings (SSSR count).